The Morgan fingerprint density at radius 3 is 2.67 bits per heavy atom. The summed E-state index contributed by atoms with van der Waals surface area (Å²) in [7, 11) is 2.08. The van der Waals surface area contributed by atoms with Crippen LogP contribution in [0.25, 0.3) is 0 Å². The fourth-order valence-electron chi connectivity index (χ4n) is 1.57. The Balaban J connectivity index is -0.000000464. The highest BCUT2D eigenvalue weighted by Crippen LogP contribution is 2.05. The number of rotatable bonds is 4. The van der Waals surface area contributed by atoms with Crippen LogP contribution in [0.1, 0.15) is 30.0 Å². The van der Waals surface area contributed by atoms with Gasteiger partial charge in [0, 0.05) is 15.4 Å². The third-order valence-electron chi connectivity index (χ3n) is 2.29. The number of nitrogens with zero attached hydrogens (tertiary/aromatic N) is 1. The molecule has 1 rings (SSSR count). The Morgan fingerprint density at radius 1 is 1.53 bits per heavy atom. The van der Waals surface area contributed by atoms with Gasteiger partial charge in [-0.2, -0.15) is 0 Å². The smallest absolute Gasteiger partial charge is 0.234 e. The average Bonchev–Trinajstić information content (AvgIpc) is 2.64. The van der Waals surface area contributed by atoms with Crippen molar-refractivity contribution in [2.75, 3.05) is 33.2 Å². The first kappa shape index (κ1) is 14.4. The summed E-state index contributed by atoms with van der Waals surface area (Å²) < 4.78 is 0. The molecule has 1 heterocycles. The molecule has 0 saturated carbocycles. The number of hydrogen-bond donors (Lipinski definition) is 2. The molecule has 15 heavy (non-hydrogen) atoms. The van der Waals surface area contributed by atoms with Crippen LogP contribution in [0.3, 0.4) is 0 Å². The molecule has 0 bridgehead atoms. The first-order valence-electron chi connectivity index (χ1n) is 5.91. The van der Waals surface area contributed by atoms with E-state index in [1.165, 1.54) is 0 Å². The minimum Gasteiger partial charge on any atom is -0.351 e. The number of likely N-dealkylation sites (N-methyl/N-ethyl adjacent to an activating group) is 2. The second-order valence-corrected chi connectivity index (χ2v) is 3.60. The fraction of sp³-hybridized carbons (Fsp3) is 0.909. The van der Waals surface area contributed by atoms with Crippen molar-refractivity contribution in [2.45, 2.75) is 33.2 Å². The van der Waals surface area contributed by atoms with Crippen LogP contribution in [0.5, 0.6) is 0 Å². The van der Waals surface area contributed by atoms with Crippen LogP contribution < -0.4 is 10.6 Å². The van der Waals surface area contributed by atoms with Crippen LogP contribution in [0, 0.1) is 0 Å². The van der Waals surface area contributed by atoms with Gasteiger partial charge in [-0.25, -0.2) is 0 Å². The maximum Gasteiger partial charge on any atom is 0.234 e. The molecule has 0 aliphatic carbocycles. The Morgan fingerprint density at radius 2 is 2.20 bits per heavy atom. The molecule has 1 saturated heterocycles. The first-order valence-corrected chi connectivity index (χ1v) is 5.91. The summed E-state index contributed by atoms with van der Waals surface area (Å²) in [6.45, 7) is 9.36. The number of amides is 1. The molecule has 4 heteroatoms. The predicted molar refractivity (Wildman–Crippen MR) is 68.2 cm³/mol. The van der Waals surface area contributed by atoms with Crippen molar-refractivity contribution in [2.24, 2.45) is 0 Å². The number of hydrogen-bond acceptors (Lipinski definition) is 3. The molecule has 1 aliphatic heterocycles. The van der Waals surface area contributed by atoms with Gasteiger partial charge in [-0.3, -0.25) is 4.79 Å². The first-order chi connectivity index (χ1) is 7.22. The molecular weight excluding hydrogens is 190 g/mol. The zero-order valence-electron chi connectivity index (χ0n) is 10.5. The summed E-state index contributed by atoms with van der Waals surface area (Å²) in [6.07, 6.45) is 1.08. The lowest BCUT2D eigenvalue weighted by Crippen LogP contribution is -2.41. The van der Waals surface area contributed by atoms with E-state index >= 15 is 0 Å². The van der Waals surface area contributed by atoms with E-state index in [0.717, 1.165) is 26.1 Å². The van der Waals surface area contributed by atoms with Crippen LogP contribution in [-0.2, 0) is 4.79 Å². The van der Waals surface area contributed by atoms with Crippen LogP contribution >= 0.6 is 0 Å². The van der Waals surface area contributed by atoms with Gasteiger partial charge in [0.15, 0.2) is 0 Å². The molecule has 0 aromatic rings. The minimum atomic E-state index is 0. The van der Waals surface area contributed by atoms with Gasteiger partial charge in [0.1, 0.15) is 0 Å². The molecule has 4 nitrogen and oxygen atoms in total. The Labute approximate surface area is 96.4 Å². The van der Waals surface area contributed by atoms with Gasteiger partial charge < -0.3 is 15.5 Å². The zero-order valence-corrected chi connectivity index (χ0v) is 10.5. The van der Waals surface area contributed by atoms with Crippen molar-refractivity contribution < 1.29 is 7.65 Å². The molecular formula is C11H29N3O. The molecule has 2 N–H and O–H groups in total. The van der Waals surface area contributed by atoms with Crippen molar-refractivity contribution in [1.82, 2.24) is 15.5 Å². The van der Waals surface area contributed by atoms with Gasteiger partial charge in [-0.1, -0.05) is 20.8 Å². The van der Waals surface area contributed by atoms with E-state index < -0.39 is 0 Å². The monoisotopic (exact) mass is 219 g/mol. The normalized spacial score (nSPS) is 20.7. The van der Waals surface area contributed by atoms with Crippen molar-refractivity contribution >= 4 is 5.91 Å². The van der Waals surface area contributed by atoms with Crippen LogP contribution in [-0.4, -0.2) is 50.1 Å². The lowest BCUT2D eigenvalue weighted by Gasteiger charge is -2.12. The van der Waals surface area contributed by atoms with Gasteiger partial charge in [0.2, 0.25) is 5.91 Å². The average molecular weight is 219 g/mol. The molecule has 1 fully saturated rings. The minimum absolute atomic E-state index is 0. The van der Waals surface area contributed by atoms with Gasteiger partial charge in [0.05, 0.1) is 6.54 Å². The van der Waals surface area contributed by atoms with Crippen molar-refractivity contribution in [3.63, 3.8) is 0 Å². The van der Waals surface area contributed by atoms with Crippen LogP contribution in [0.2, 0.25) is 0 Å². The number of nitrogens with one attached hydrogen (secondary N) is 2. The Bertz CT molecular complexity index is 182. The van der Waals surface area contributed by atoms with Gasteiger partial charge in [0.25, 0.3) is 0 Å². The zero-order chi connectivity index (χ0) is 11.7. The highest BCUT2D eigenvalue weighted by molar-refractivity contribution is 5.78. The number of likely N-dealkylation sites (tertiary alicyclic amines) is 1. The lowest BCUT2D eigenvalue weighted by atomic mass is 10.2. The largest absolute Gasteiger partial charge is 0.351 e. The maximum atomic E-state index is 11.3. The molecule has 0 aromatic carbocycles. The summed E-state index contributed by atoms with van der Waals surface area (Å²) in [5.74, 6) is 0.113. The van der Waals surface area contributed by atoms with Gasteiger partial charge in [-0.15, -0.1) is 0 Å². The standard InChI is InChI=1S/C9H19N3O.C2H6.2H2/c1-3-10-6-9(13)11-8-4-5-12(2)7-8;1-2;;/h8,10H,3-7H2,1-2H3,(H,11,13);1-2H3;2*1H/t8-;;;/m0.../s1. The summed E-state index contributed by atoms with van der Waals surface area (Å²) in [5, 5.41) is 6.01. The summed E-state index contributed by atoms with van der Waals surface area (Å²) in [6, 6.07) is 0.358. The summed E-state index contributed by atoms with van der Waals surface area (Å²) >= 11 is 0. The number of carbonyl (C=O) groups is 1. The predicted octanol–water partition coefficient (Wildman–Crippen LogP) is 0.934. The topological polar surface area (TPSA) is 44.4 Å². The van der Waals surface area contributed by atoms with E-state index in [4.69, 9.17) is 0 Å². The molecule has 1 amide bonds. The number of carbonyl (C=O) groups excluding carboxylic acids is 1. The van der Waals surface area contributed by atoms with Gasteiger partial charge in [-0.05, 0) is 26.6 Å². The Kier molecular flexibility index (Phi) is 8.33. The van der Waals surface area contributed by atoms with E-state index in [2.05, 4.69) is 22.6 Å². The molecule has 0 radical (unpaired) electrons. The van der Waals surface area contributed by atoms with Crippen molar-refractivity contribution in [1.29, 1.82) is 0 Å². The SMILES string of the molecule is CC.CCNCC(=O)N[C@H]1CCN(C)C1.[HH].[HH]. The van der Waals surface area contributed by atoms with Crippen LogP contribution in [0.15, 0.2) is 0 Å². The lowest BCUT2D eigenvalue weighted by molar-refractivity contribution is -0.120. The fourth-order valence-corrected chi connectivity index (χ4v) is 1.57. The molecule has 1 aliphatic rings. The quantitative estimate of drug-likeness (QED) is 0.739. The second kappa shape index (κ2) is 8.68. The van der Waals surface area contributed by atoms with E-state index in [9.17, 15) is 4.79 Å². The Hall–Kier alpha value is -0.610. The summed E-state index contributed by atoms with van der Waals surface area (Å²) in [5.41, 5.74) is 0. The molecule has 0 spiro atoms. The summed E-state index contributed by atoms with van der Waals surface area (Å²) in [4.78, 5) is 13.5. The second-order valence-electron chi connectivity index (χ2n) is 3.60. The third kappa shape index (κ3) is 6.47. The third-order valence-corrected chi connectivity index (χ3v) is 2.29. The maximum absolute atomic E-state index is 11.3. The van der Waals surface area contributed by atoms with E-state index in [1.54, 1.807) is 0 Å². The van der Waals surface area contributed by atoms with Crippen molar-refractivity contribution in [3.05, 3.63) is 0 Å². The molecule has 1 atom stereocenters. The van der Waals surface area contributed by atoms with Gasteiger partial charge >= 0.3 is 0 Å². The highest BCUT2D eigenvalue weighted by Gasteiger charge is 2.20. The highest BCUT2D eigenvalue weighted by atomic mass is 16.2. The van der Waals surface area contributed by atoms with E-state index in [-0.39, 0.29) is 8.76 Å². The molecule has 0 aromatic heterocycles. The molecule has 0 unspecified atom stereocenters. The van der Waals surface area contributed by atoms with Crippen molar-refractivity contribution in [3.8, 4) is 0 Å². The molecule has 94 valence electrons. The van der Waals surface area contributed by atoms with E-state index in [1.807, 2.05) is 20.8 Å². The van der Waals surface area contributed by atoms with Crippen LogP contribution in [0.4, 0.5) is 0 Å². The van der Waals surface area contributed by atoms with E-state index in [0.29, 0.717) is 12.6 Å².